The van der Waals surface area contributed by atoms with Gasteiger partial charge in [-0.2, -0.15) is 18.3 Å². The number of hydrogen-bond donors (Lipinski definition) is 1. The van der Waals surface area contributed by atoms with Gasteiger partial charge in [0.2, 0.25) is 0 Å². The molecule has 7 nitrogen and oxygen atoms in total. The third kappa shape index (κ3) is 6.04. The second kappa shape index (κ2) is 10.6. The molecule has 1 heterocycles. The third-order valence-corrected chi connectivity index (χ3v) is 6.64. The number of rotatable bonds is 10. The van der Waals surface area contributed by atoms with Gasteiger partial charge in [0.15, 0.2) is 0 Å². The zero-order chi connectivity index (χ0) is 24.8. The molecule has 0 radical (unpaired) electrons. The molecule has 180 valence electrons. The Balaban J connectivity index is 1.79. The maximum absolute atomic E-state index is 13.3. The SMILES string of the molecule is C=CCN(c1cccc(C(F)(F)F)c1)S(=O)(=O)c1cccc(C(=O)NCCCn2cccn2)c1. The van der Waals surface area contributed by atoms with Gasteiger partial charge in [-0.05, 0) is 48.9 Å². The largest absolute Gasteiger partial charge is 0.416 e. The number of anilines is 1. The number of halogens is 3. The van der Waals surface area contributed by atoms with Crippen molar-refractivity contribution in [1.82, 2.24) is 15.1 Å². The molecule has 1 N–H and O–H groups in total. The van der Waals surface area contributed by atoms with Crippen LogP contribution in [0.4, 0.5) is 18.9 Å². The number of aryl methyl sites for hydroxylation is 1. The summed E-state index contributed by atoms with van der Waals surface area (Å²) in [5.74, 6) is -0.466. The van der Waals surface area contributed by atoms with Crippen molar-refractivity contribution in [1.29, 1.82) is 0 Å². The maximum Gasteiger partial charge on any atom is 0.416 e. The van der Waals surface area contributed by atoms with Crippen molar-refractivity contribution in [3.8, 4) is 0 Å². The van der Waals surface area contributed by atoms with E-state index in [9.17, 15) is 26.4 Å². The summed E-state index contributed by atoms with van der Waals surface area (Å²) in [6.07, 6.45) is 0.714. The predicted molar refractivity (Wildman–Crippen MR) is 122 cm³/mol. The van der Waals surface area contributed by atoms with E-state index in [2.05, 4.69) is 17.0 Å². The summed E-state index contributed by atoms with van der Waals surface area (Å²) < 4.78 is 68.6. The highest BCUT2D eigenvalue weighted by atomic mass is 32.2. The van der Waals surface area contributed by atoms with Crippen LogP contribution < -0.4 is 9.62 Å². The lowest BCUT2D eigenvalue weighted by Gasteiger charge is -2.24. The Morgan fingerprint density at radius 1 is 1.15 bits per heavy atom. The van der Waals surface area contributed by atoms with Gasteiger partial charge in [-0.3, -0.25) is 13.8 Å². The Hall–Kier alpha value is -3.60. The molecule has 0 atom stereocenters. The number of hydrogen-bond acceptors (Lipinski definition) is 4. The number of benzene rings is 2. The van der Waals surface area contributed by atoms with E-state index < -0.39 is 27.7 Å². The van der Waals surface area contributed by atoms with Crippen molar-refractivity contribution in [2.45, 2.75) is 24.0 Å². The molecule has 1 amide bonds. The van der Waals surface area contributed by atoms with Gasteiger partial charge in [0.05, 0.1) is 22.7 Å². The Morgan fingerprint density at radius 2 is 1.91 bits per heavy atom. The summed E-state index contributed by atoms with van der Waals surface area (Å²) in [5.41, 5.74) is -1.02. The first-order chi connectivity index (χ1) is 16.1. The minimum absolute atomic E-state index is 0.114. The van der Waals surface area contributed by atoms with Crippen molar-refractivity contribution in [3.63, 3.8) is 0 Å². The van der Waals surface area contributed by atoms with Crippen LogP contribution in [0.3, 0.4) is 0 Å². The van der Waals surface area contributed by atoms with Crippen molar-refractivity contribution < 1.29 is 26.4 Å². The number of nitrogens with zero attached hydrogens (tertiary/aromatic N) is 3. The molecule has 0 fully saturated rings. The highest BCUT2D eigenvalue weighted by Crippen LogP contribution is 2.33. The van der Waals surface area contributed by atoms with Gasteiger partial charge >= 0.3 is 6.18 Å². The summed E-state index contributed by atoms with van der Waals surface area (Å²) in [6.45, 7) is 4.21. The fourth-order valence-electron chi connectivity index (χ4n) is 3.20. The minimum atomic E-state index is -4.63. The number of carbonyl (C=O) groups excluding carboxylic acids is 1. The van der Waals surface area contributed by atoms with E-state index >= 15 is 0 Å². The first kappa shape index (κ1) is 25.0. The van der Waals surface area contributed by atoms with E-state index in [1.54, 1.807) is 23.1 Å². The van der Waals surface area contributed by atoms with Crippen LogP contribution in [0.5, 0.6) is 0 Å². The van der Waals surface area contributed by atoms with Crippen LogP contribution >= 0.6 is 0 Å². The van der Waals surface area contributed by atoms with Crippen LogP contribution in [0, 0.1) is 0 Å². The monoisotopic (exact) mass is 492 g/mol. The molecule has 0 unspecified atom stereocenters. The molecule has 11 heteroatoms. The molecule has 34 heavy (non-hydrogen) atoms. The fraction of sp³-hybridized carbons (Fsp3) is 0.217. The van der Waals surface area contributed by atoms with Gasteiger partial charge in [0.1, 0.15) is 0 Å². The lowest BCUT2D eigenvalue weighted by molar-refractivity contribution is -0.137. The summed E-state index contributed by atoms with van der Waals surface area (Å²) in [4.78, 5) is 12.3. The summed E-state index contributed by atoms with van der Waals surface area (Å²) in [6, 6.07) is 11.2. The molecule has 0 aliphatic heterocycles. The van der Waals surface area contributed by atoms with E-state index in [4.69, 9.17) is 0 Å². The van der Waals surface area contributed by atoms with Gasteiger partial charge in [-0.1, -0.05) is 18.2 Å². The molecule has 3 aromatic rings. The number of aromatic nitrogens is 2. The Morgan fingerprint density at radius 3 is 2.59 bits per heavy atom. The number of carbonyl (C=O) groups is 1. The normalized spacial score (nSPS) is 11.7. The highest BCUT2D eigenvalue weighted by Gasteiger charge is 2.32. The smallest absolute Gasteiger partial charge is 0.352 e. The average molecular weight is 493 g/mol. The molecule has 0 aliphatic rings. The van der Waals surface area contributed by atoms with Crippen molar-refractivity contribution >= 4 is 21.6 Å². The van der Waals surface area contributed by atoms with Crippen LogP contribution in [-0.4, -0.2) is 37.2 Å². The quantitative estimate of drug-likeness (QED) is 0.341. The lowest BCUT2D eigenvalue weighted by atomic mass is 10.2. The average Bonchev–Trinajstić information content (AvgIpc) is 3.33. The van der Waals surface area contributed by atoms with Crippen molar-refractivity contribution in [2.75, 3.05) is 17.4 Å². The molecule has 0 bridgehead atoms. The van der Waals surface area contributed by atoms with E-state index in [0.717, 1.165) is 22.5 Å². The summed E-state index contributed by atoms with van der Waals surface area (Å²) in [5, 5.41) is 6.79. The fourth-order valence-corrected chi connectivity index (χ4v) is 4.67. The minimum Gasteiger partial charge on any atom is -0.352 e. The predicted octanol–water partition coefficient (Wildman–Crippen LogP) is 4.10. The van der Waals surface area contributed by atoms with Gasteiger partial charge in [0.25, 0.3) is 15.9 Å². The van der Waals surface area contributed by atoms with Gasteiger partial charge in [0, 0.05) is 31.0 Å². The van der Waals surface area contributed by atoms with Gasteiger partial charge in [-0.25, -0.2) is 8.42 Å². The molecule has 0 saturated heterocycles. The van der Waals surface area contributed by atoms with Crippen LogP contribution in [-0.2, 0) is 22.7 Å². The summed E-state index contributed by atoms with van der Waals surface area (Å²) in [7, 11) is -4.29. The van der Waals surface area contributed by atoms with Gasteiger partial charge < -0.3 is 5.32 Å². The van der Waals surface area contributed by atoms with Crippen LogP contribution in [0.25, 0.3) is 0 Å². The maximum atomic E-state index is 13.3. The van der Waals surface area contributed by atoms with E-state index in [1.807, 2.05) is 0 Å². The highest BCUT2D eigenvalue weighted by molar-refractivity contribution is 7.92. The molecule has 0 saturated carbocycles. The summed E-state index contributed by atoms with van der Waals surface area (Å²) >= 11 is 0. The lowest BCUT2D eigenvalue weighted by Crippen LogP contribution is -2.32. The molecule has 0 spiro atoms. The third-order valence-electron chi connectivity index (χ3n) is 4.85. The second-order valence-electron chi connectivity index (χ2n) is 7.28. The topological polar surface area (TPSA) is 84.3 Å². The zero-order valence-corrected chi connectivity index (χ0v) is 18.9. The Bertz CT molecular complexity index is 1240. The number of alkyl halides is 3. The van der Waals surface area contributed by atoms with Crippen LogP contribution in [0.1, 0.15) is 22.3 Å². The number of nitrogens with one attached hydrogen (secondary N) is 1. The van der Waals surface area contributed by atoms with Crippen LogP contribution in [0.2, 0.25) is 0 Å². The van der Waals surface area contributed by atoms with Crippen molar-refractivity contribution in [2.24, 2.45) is 0 Å². The molecule has 3 rings (SSSR count). The van der Waals surface area contributed by atoms with E-state index in [-0.39, 0.29) is 22.7 Å². The Kier molecular flexibility index (Phi) is 7.77. The Labute approximate surface area is 195 Å². The first-order valence-corrected chi connectivity index (χ1v) is 11.7. The first-order valence-electron chi connectivity index (χ1n) is 10.3. The standard InChI is InChI=1S/C23H23F3N4O3S/c1-2-13-30(20-9-4-8-19(17-20)23(24,25)26)34(32,33)21-10-3-7-18(16-21)22(31)27-11-5-14-29-15-6-12-28-29/h2-4,6-10,12,15-17H,1,5,11,13-14H2,(H,27,31). The zero-order valence-electron chi connectivity index (χ0n) is 18.1. The van der Waals surface area contributed by atoms with Crippen LogP contribution in [0.15, 0.2) is 84.5 Å². The molecular formula is C23H23F3N4O3S. The van der Waals surface area contributed by atoms with Gasteiger partial charge in [-0.15, -0.1) is 6.58 Å². The van der Waals surface area contributed by atoms with E-state index in [1.165, 1.54) is 36.4 Å². The molecule has 1 aromatic heterocycles. The number of amides is 1. The molecular weight excluding hydrogens is 469 g/mol. The van der Waals surface area contributed by atoms with E-state index in [0.29, 0.717) is 19.5 Å². The number of sulfonamides is 1. The van der Waals surface area contributed by atoms with Crippen molar-refractivity contribution in [3.05, 3.63) is 90.8 Å². The molecule has 2 aromatic carbocycles. The molecule has 0 aliphatic carbocycles. The second-order valence-corrected chi connectivity index (χ2v) is 9.14.